The fourth-order valence-electron chi connectivity index (χ4n) is 3.85. The highest BCUT2D eigenvalue weighted by Gasteiger charge is 2.26. The molecule has 25 heavy (non-hydrogen) atoms. The third-order valence-electron chi connectivity index (χ3n) is 5.30. The summed E-state index contributed by atoms with van der Waals surface area (Å²) in [6.45, 7) is 4.49. The van der Waals surface area contributed by atoms with Crippen molar-refractivity contribution in [2.75, 3.05) is 52.3 Å². The quantitative estimate of drug-likeness (QED) is 0.855. The minimum Gasteiger partial charge on any atom is -0.497 e. The second kappa shape index (κ2) is 8.54. The van der Waals surface area contributed by atoms with Crippen molar-refractivity contribution in [1.82, 2.24) is 9.80 Å². The Hall–Kier alpha value is -1.79. The zero-order chi connectivity index (χ0) is 17.6. The summed E-state index contributed by atoms with van der Waals surface area (Å²) in [7, 11) is 3.20. The van der Waals surface area contributed by atoms with Gasteiger partial charge in [-0.3, -0.25) is 14.6 Å². The Morgan fingerprint density at radius 1 is 1.12 bits per heavy atom. The summed E-state index contributed by atoms with van der Waals surface area (Å²) in [4.78, 5) is 17.2. The first kappa shape index (κ1) is 18.0. The van der Waals surface area contributed by atoms with E-state index in [1.807, 2.05) is 12.1 Å². The van der Waals surface area contributed by atoms with Crippen molar-refractivity contribution < 1.29 is 14.3 Å². The average molecular weight is 347 g/mol. The molecule has 1 aromatic carbocycles. The van der Waals surface area contributed by atoms with Gasteiger partial charge in [-0.05, 0) is 25.0 Å². The van der Waals surface area contributed by atoms with E-state index in [9.17, 15) is 4.79 Å². The lowest BCUT2D eigenvalue weighted by atomic mass is 10.2. The van der Waals surface area contributed by atoms with E-state index in [1.54, 1.807) is 20.3 Å². The Balaban J connectivity index is 1.48. The lowest BCUT2D eigenvalue weighted by molar-refractivity contribution is -0.117. The maximum atomic E-state index is 12.4. The molecule has 1 amide bonds. The molecule has 0 spiro atoms. The summed E-state index contributed by atoms with van der Waals surface area (Å²) in [6, 6.07) is 6.18. The number of nitrogens with one attached hydrogen (secondary N) is 1. The van der Waals surface area contributed by atoms with Crippen molar-refractivity contribution in [2.45, 2.75) is 31.7 Å². The van der Waals surface area contributed by atoms with Crippen LogP contribution in [0.3, 0.4) is 0 Å². The number of carbonyl (C=O) groups is 1. The first-order valence-corrected chi connectivity index (χ1v) is 9.18. The second-order valence-electron chi connectivity index (χ2n) is 6.86. The fraction of sp³-hybridized carbons (Fsp3) is 0.632. The van der Waals surface area contributed by atoms with Crippen molar-refractivity contribution in [3.63, 3.8) is 0 Å². The van der Waals surface area contributed by atoms with Gasteiger partial charge in [-0.1, -0.05) is 12.8 Å². The van der Waals surface area contributed by atoms with E-state index in [1.165, 1.54) is 25.7 Å². The zero-order valence-electron chi connectivity index (χ0n) is 15.3. The highest BCUT2D eigenvalue weighted by Crippen LogP contribution is 2.29. The second-order valence-corrected chi connectivity index (χ2v) is 6.86. The summed E-state index contributed by atoms with van der Waals surface area (Å²) in [5.41, 5.74) is 0.679. The van der Waals surface area contributed by atoms with Gasteiger partial charge in [-0.25, -0.2) is 0 Å². The van der Waals surface area contributed by atoms with Gasteiger partial charge in [0.15, 0.2) is 0 Å². The Kier molecular flexibility index (Phi) is 6.15. The van der Waals surface area contributed by atoms with Crippen LogP contribution in [0.4, 0.5) is 5.69 Å². The molecule has 1 saturated carbocycles. The van der Waals surface area contributed by atoms with Crippen LogP contribution >= 0.6 is 0 Å². The molecule has 0 bridgehead atoms. The number of ether oxygens (including phenoxy) is 2. The normalized spacial score (nSPS) is 19.8. The van der Waals surface area contributed by atoms with E-state index < -0.39 is 0 Å². The van der Waals surface area contributed by atoms with Crippen LogP contribution in [0, 0.1) is 0 Å². The van der Waals surface area contributed by atoms with E-state index in [-0.39, 0.29) is 5.91 Å². The minimum atomic E-state index is -0.00205. The van der Waals surface area contributed by atoms with Crippen LogP contribution in [-0.4, -0.2) is 68.7 Å². The molecule has 138 valence electrons. The first-order valence-electron chi connectivity index (χ1n) is 9.18. The van der Waals surface area contributed by atoms with Crippen LogP contribution in [0.5, 0.6) is 11.5 Å². The van der Waals surface area contributed by atoms with Crippen molar-refractivity contribution >= 4 is 11.6 Å². The van der Waals surface area contributed by atoms with Crippen molar-refractivity contribution in [2.24, 2.45) is 0 Å². The number of benzene rings is 1. The number of hydrogen-bond acceptors (Lipinski definition) is 5. The third-order valence-corrected chi connectivity index (χ3v) is 5.30. The Labute approximate surface area is 150 Å². The lowest BCUT2D eigenvalue weighted by Gasteiger charge is -2.37. The summed E-state index contributed by atoms with van der Waals surface area (Å²) in [5.74, 6) is 1.31. The van der Waals surface area contributed by atoms with E-state index in [0.29, 0.717) is 23.7 Å². The van der Waals surface area contributed by atoms with Crippen molar-refractivity contribution in [1.29, 1.82) is 0 Å². The Morgan fingerprint density at radius 3 is 2.48 bits per heavy atom. The zero-order valence-corrected chi connectivity index (χ0v) is 15.3. The van der Waals surface area contributed by atoms with Gasteiger partial charge in [0.05, 0.1) is 26.5 Å². The Bertz CT molecular complexity index is 579. The van der Waals surface area contributed by atoms with E-state index in [2.05, 4.69) is 15.1 Å². The predicted molar refractivity (Wildman–Crippen MR) is 98.4 cm³/mol. The standard InChI is InChI=1S/C19H29N3O3/c1-24-16-7-8-17(18(13-16)25-2)20-19(23)14-21-9-11-22(12-10-21)15-5-3-4-6-15/h7-8,13,15H,3-6,9-12,14H2,1-2H3,(H,20,23). The van der Waals surface area contributed by atoms with Crippen molar-refractivity contribution in [3.8, 4) is 11.5 Å². The number of anilines is 1. The van der Waals surface area contributed by atoms with Gasteiger partial charge in [-0.15, -0.1) is 0 Å². The number of hydrogen-bond donors (Lipinski definition) is 1. The molecule has 1 aliphatic heterocycles. The predicted octanol–water partition coefficient (Wildman–Crippen LogP) is 2.20. The number of carbonyl (C=O) groups excluding carboxylic acids is 1. The van der Waals surface area contributed by atoms with Crippen LogP contribution in [0.15, 0.2) is 18.2 Å². The molecule has 1 saturated heterocycles. The van der Waals surface area contributed by atoms with Gasteiger partial charge >= 0.3 is 0 Å². The van der Waals surface area contributed by atoms with Crippen LogP contribution in [0.1, 0.15) is 25.7 Å². The van der Waals surface area contributed by atoms with Crippen molar-refractivity contribution in [3.05, 3.63) is 18.2 Å². The lowest BCUT2D eigenvalue weighted by Crippen LogP contribution is -2.51. The summed E-state index contributed by atoms with van der Waals surface area (Å²) in [6.07, 6.45) is 5.43. The highest BCUT2D eigenvalue weighted by molar-refractivity contribution is 5.93. The fourth-order valence-corrected chi connectivity index (χ4v) is 3.85. The van der Waals surface area contributed by atoms with Gasteiger partial charge in [-0.2, -0.15) is 0 Å². The molecule has 0 atom stereocenters. The van der Waals surface area contributed by atoms with Crippen LogP contribution in [0.25, 0.3) is 0 Å². The van der Waals surface area contributed by atoms with E-state index in [0.717, 1.165) is 32.2 Å². The van der Waals surface area contributed by atoms with Gasteiger partial charge in [0, 0.05) is 38.3 Å². The number of piperazine rings is 1. The van der Waals surface area contributed by atoms with Crippen LogP contribution in [0.2, 0.25) is 0 Å². The number of rotatable bonds is 6. The summed E-state index contributed by atoms with van der Waals surface area (Å²) in [5, 5.41) is 2.95. The van der Waals surface area contributed by atoms with Gasteiger partial charge in [0.25, 0.3) is 0 Å². The van der Waals surface area contributed by atoms with Crippen LogP contribution < -0.4 is 14.8 Å². The Morgan fingerprint density at radius 2 is 1.84 bits per heavy atom. The van der Waals surface area contributed by atoms with Gasteiger partial charge in [0.1, 0.15) is 11.5 Å². The third kappa shape index (κ3) is 4.64. The molecule has 1 N–H and O–H groups in total. The molecular weight excluding hydrogens is 318 g/mol. The molecule has 0 radical (unpaired) electrons. The molecule has 3 rings (SSSR count). The highest BCUT2D eigenvalue weighted by atomic mass is 16.5. The van der Waals surface area contributed by atoms with Gasteiger partial charge < -0.3 is 14.8 Å². The maximum Gasteiger partial charge on any atom is 0.238 e. The monoisotopic (exact) mass is 347 g/mol. The molecule has 0 aromatic heterocycles. The molecule has 0 unspecified atom stereocenters. The minimum absolute atomic E-state index is 0.00205. The molecule has 6 nitrogen and oxygen atoms in total. The summed E-state index contributed by atoms with van der Waals surface area (Å²) >= 11 is 0. The maximum absolute atomic E-state index is 12.4. The average Bonchev–Trinajstić information content (AvgIpc) is 3.17. The van der Waals surface area contributed by atoms with E-state index in [4.69, 9.17) is 9.47 Å². The molecule has 1 aromatic rings. The molecular formula is C19H29N3O3. The van der Waals surface area contributed by atoms with Gasteiger partial charge in [0.2, 0.25) is 5.91 Å². The summed E-state index contributed by atoms with van der Waals surface area (Å²) < 4.78 is 10.5. The van der Waals surface area contributed by atoms with Crippen LogP contribution in [-0.2, 0) is 4.79 Å². The molecule has 1 heterocycles. The molecule has 2 aliphatic rings. The molecule has 1 aliphatic carbocycles. The smallest absolute Gasteiger partial charge is 0.238 e. The largest absolute Gasteiger partial charge is 0.497 e. The first-order chi connectivity index (χ1) is 12.2. The molecule has 6 heteroatoms. The van der Waals surface area contributed by atoms with E-state index >= 15 is 0 Å². The SMILES string of the molecule is COc1ccc(NC(=O)CN2CCN(C3CCCC3)CC2)c(OC)c1. The topological polar surface area (TPSA) is 54.0 Å². The number of amides is 1. The molecule has 2 fully saturated rings. The number of nitrogens with zero attached hydrogens (tertiary/aromatic N) is 2. The number of methoxy groups -OCH3 is 2.